The molecule has 3 unspecified atom stereocenters. The molecule has 0 aromatic heterocycles. The maximum absolute atomic E-state index is 12.1. The van der Waals surface area contributed by atoms with Crippen molar-refractivity contribution < 1.29 is 9.53 Å². The van der Waals surface area contributed by atoms with Crippen LogP contribution < -0.4 is 10.6 Å². The maximum atomic E-state index is 12.1. The first kappa shape index (κ1) is 13.9. The molecule has 0 radical (unpaired) electrons. The van der Waals surface area contributed by atoms with Crippen molar-refractivity contribution in [3.63, 3.8) is 0 Å². The van der Waals surface area contributed by atoms with E-state index < -0.39 is 0 Å². The third-order valence-corrected chi connectivity index (χ3v) is 6.30. The van der Waals surface area contributed by atoms with Gasteiger partial charge in [-0.15, -0.1) is 0 Å². The van der Waals surface area contributed by atoms with Crippen LogP contribution in [0.3, 0.4) is 0 Å². The molecule has 3 saturated carbocycles. The van der Waals surface area contributed by atoms with E-state index in [1.165, 1.54) is 38.5 Å². The monoisotopic (exact) mass is 292 g/mol. The zero-order chi connectivity index (χ0) is 14.2. The van der Waals surface area contributed by atoms with E-state index in [4.69, 9.17) is 4.74 Å². The first-order valence-corrected chi connectivity index (χ1v) is 8.92. The predicted molar refractivity (Wildman–Crippen MR) is 81.0 cm³/mol. The minimum atomic E-state index is 0.0182. The second-order valence-electron chi connectivity index (χ2n) is 7.88. The number of rotatable bonds is 3. The fraction of sp³-hybridized carbons (Fsp3) is 0.941. The highest BCUT2D eigenvalue weighted by atomic mass is 16.5. The Hall–Kier alpha value is -0.770. The zero-order valence-electron chi connectivity index (χ0n) is 12.9. The van der Waals surface area contributed by atoms with E-state index >= 15 is 0 Å². The smallest absolute Gasteiger partial charge is 0.315 e. The number of amides is 2. The molecule has 2 heterocycles. The van der Waals surface area contributed by atoms with Gasteiger partial charge in [-0.25, -0.2) is 4.79 Å². The van der Waals surface area contributed by atoms with E-state index in [0.29, 0.717) is 24.5 Å². The second-order valence-corrected chi connectivity index (χ2v) is 7.88. The summed E-state index contributed by atoms with van der Waals surface area (Å²) in [6.07, 6.45) is 11.1. The Morgan fingerprint density at radius 1 is 1.05 bits per heavy atom. The van der Waals surface area contributed by atoms with Gasteiger partial charge in [0.1, 0.15) is 0 Å². The number of carbonyl (C=O) groups is 1. The normalized spacial score (nSPS) is 44.6. The van der Waals surface area contributed by atoms with Crippen molar-refractivity contribution in [3.05, 3.63) is 0 Å². The van der Waals surface area contributed by atoms with E-state index in [9.17, 15) is 4.79 Å². The summed E-state index contributed by atoms with van der Waals surface area (Å²) in [5, 5.41) is 6.24. The highest BCUT2D eigenvalue weighted by molar-refractivity contribution is 5.74. The van der Waals surface area contributed by atoms with Gasteiger partial charge in [0.15, 0.2) is 0 Å². The summed E-state index contributed by atoms with van der Waals surface area (Å²) < 4.78 is 5.66. The molecule has 2 amide bonds. The number of hydrogen-bond donors (Lipinski definition) is 2. The molecule has 5 fully saturated rings. The van der Waals surface area contributed by atoms with Crippen LogP contribution in [0.15, 0.2) is 0 Å². The van der Waals surface area contributed by atoms with Crippen LogP contribution in [-0.4, -0.2) is 31.3 Å². The minimum absolute atomic E-state index is 0.0182. The Bertz CT molecular complexity index is 379. The Kier molecular flexibility index (Phi) is 3.82. The summed E-state index contributed by atoms with van der Waals surface area (Å²) in [5.74, 6) is 3.23. The molecule has 0 spiro atoms. The van der Waals surface area contributed by atoms with Crippen LogP contribution in [-0.2, 0) is 4.74 Å². The summed E-state index contributed by atoms with van der Waals surface area (Å²) in [6.45, 7) is 1.57. The van der Waals surface area contributed by atoms with Gasteiger partial charge in [-0.05, 0) is 55.8 Å². The molecule has 0 aromatic rings. The SMILES string of the molecule is O=C(NCC1CC2CCCC(C2)C1)NC1COC2CC1C2. The van der Waals surface area contributed by atoms with Gasteiger partial charge in [-0.3, -0.25) is 0 Å². The van der Waals surface area contributed by atoms with Crippen LogP contribution >= 0.6 is 0 Å². The number of fused-ring (bicyclic) bond motifs is 4. The van der Waals surface area contributed by atoms with Gasteiger partial charge in [-0.2, -0.15) is 0 Å². The van der Waals surface area contributed by atoms with Crippen LogP contribution in [0.5, 0.6) is 0 Å². The van der Waals surface area contributed by atoms with Gasteiger partial charge < -0.3 is 15.4 Å². The third-order valence-electron chi connectivity index (χ3n) is 6.30. The second kappa shape index (κ2) is 5.79. The largest absolute Gasteiger partial charge is 0.376 e. The average molecular weight is 292 g/mol. The van der Waals surface area contributed by atoms with E-state index in [2.05, 4.69) is 10.6 Å². The Labute approximate surface area is 127 Å². The van der Waals surface area contributed by atoms with Crippen LogP contribution in [0.2, 0.25) is 0 Å². The van der Waals surface area contributed by atoms with Crippen LogP contribution in [0.25, 0.3) is 0 Å². The number of carbonyl (C=O) groups excluding carboxylic acids is 1. The highest BCUT2D eigenvalue weighted by Crippen LogP contribution is 2.42. The Morgan fingerprint density at radius 3 is 2.48 bits per heavy atom. The van der Waals surface area contributed by atoms with E-state index in [1.807, 2.05) is 0 Å². The van der Waals surface area contributed by atoms with Gasteiger partial charge in [0.2, 0.25) is 0 Å². The fourth-order valence-electron chi connectivity index (χ4n) is 5.10. The first-order valence-electron chi connectivity index (χ1n) is 8.92. The predicted octanol–water partition coefficient (Wildman–Crippen LogP) is 2.68. The number of urea groups is 1. The molecule has 3 aliphatic carbocycles. The Balaban J connectivity index is 1.20. The summed E-state index contributed by atoms with van der Waals surface area (Å²) in [4.78, 5) is 12.1. The van der Waals surface area contributed by atoms with E-state index in [1.54, 1.807) is 0 Å². The van der Waals surface area contributed by atoms with Crippen LogP contribution in [0.4, 0.5) is 4.79 Å². The molecule has 4 bridgehead atoms. The summed E-state index contributed by atoms with van der Waals surface area (Å²) in [7, 11) is 0. The molecule has 2 saturated heterocycles. The number of ether oxygens (including phenoxy) is 1. The van der Waals surface area contributed by atoms with Crippen molar-refractivity contribution in [2.75, 3.05) is 13.2 Å². The summed E-state index contributed by atoms with van der Waals surface area (Å²) in [6, 6.07) is 0.255. The molecule has 0 aromatic carbocycles. The van der Waals surface area contributed by atoms with Gasteiger partial charge in [0.25, 0.3) is 0 Å². The van der Waals surface area contributed by atoms with Gasteiger partial charge >= 0.3 is 6.03 Å². The fourth-order valence-corrected chi connectivity index (χ4v) is 5.10. The first-order chi connectivity index (χ1) is 10.3. The van der Waals surface area contributed by atoms with Crippen molar-refractivity contribution in [2.45, 2.75) is 63.5 Å². The molecule has 5 aliphatic rings. The van der Waals surface area contributed by atoms with Crippen molar-refractivity contribution >= 4 is 6.03 Å². The average Bonchev–Trinajstić information content (AvgIpc) is 2.44. The number of nitrogens with one attached hydrogen (secondary N) is 2. The molecule has 4 nitrogen and oxygen atoms in total. The van der Waals surface area contributed by atoms with Crippen molar-refractivity contribution in [1.29, 1.82) is 0 Å². The topological polar surface area (TPSA) is 50.4 Å². The van der Waals surface area contributed by atoms with E-state index in [0.717, 1.165) is 31.2 Å². The van der Waals surface area contributed by atoms with Gasteiger partial charge in [-0.1, -0.05) is 19.3 Å². The lowest BCUT2D eigenvalue weighted by molar-refractivity contribution is -0.107. The maximum Gasteiger partial charge on any atom is 0.315 e. The molecule has 2 aliphatic heterocycles. The quantitative estimate of drug-likeness (QED) is 0.840. The molecule has 118 valence electrons. The standard InChI is InChI=1S/C17H28N2O2/c20-17(19-16-10-21-15-7-14(16)8-15)18-9-13-5-11-2-1-3-12(4-11)6-13/h11-16H,1-10H2,(H2,18,19,20). The highest BCUT2D eigenvalue weighted by Gasteiger charge is 2.41. The lowest BCUT2D eigenvalue weighted by atomic mass is 9.68. The molecule has 3 atom stereocenters. The molecule has 21 heavy (non-hydrogen) atoms. The zero-order valence-corrected chi connectivity index (χ0v) is 12.9. The van der Waals surface area contributed by atoms with Gasteiger partial charge in [0, 0.05) is 6.54 Å². The molecular weight excluding hydrogens is 264 g/mol. The van der Waals surface area contributed by atoms with E-state index in [-0.39, 0.29) is 12.1 Å². The number of hydrogen-bond acceptors (Lipinski definition) is 2. The van der Waals surface area contributed by atoms with Gasteiger partial charge in [0.05, 0.1) is 18.8 Å². The lowest BCUT2D eigenvalue weighted by Gasteiger charge is -2.46. The third kappa shape index (κ3) is 3.05. The van der Waals surface area contributed by atoms with Crippen molar-refractivity contribution in [1.82, 2.24) is 10.6 Å². The minimum Gasteiger partial charge on any atom is -0.376 e. The molecule has 5 rings (SSSR count). The molecule has 4 heteroatoms. The molecular formula is C17H28N2O2. The van der Waals surface area contributed by atoms with Crippen LogP contribution in [0, 0.1) is 23.7 Å². The molecule has 2 N–H and O–H groups in total. The van der Waals surface area contributed by atoms with Crippen molar-refractivity contribution in [2.24, 2.45) is 23.7 Å². The van der Waals surface area contributed by atoms with Crippen molar-refractivity contribution in [3.8, 4) is 0 Å². The Morgan fingerprint density at radius 2 is 1.81 bits per heavy atom. The lowest BCUT2D eigenvalue weighted by Crippen LogP contribution is -2.57. The summed E-state index contributed by atoms with van der Waals surface area (Å²) in [5.41, 5.74) is 0. The summed E-state index contributed by atoms with van der Waals surface area (Å²) >= 11 is 0. The van der Waals surface area contributed by atoms with Crippen LogP contribution in [0.1, 0.15) is 51.4 Å².